The summed E-state index contributed by atoms with van der Waals surface area (Å²) in [5.41, 5.74) is 8.16. The third kappa shape index (κ3) is 3.96. The summed E-state index contributed by atoms with van der Waals surface area (Å²) in [5, 5.41) is 13.4. The van der Waals surface area contributed by atoms with Gasteiger partial charge in [0.25, 0.3) is 0 Å². The number of nitrogens with two attached hydrogens (primary N) is 1. The van der Waals surface area contributed by atoms with Crippen LogP contribution in [0.4, 0.5) is 20.7 Å². The van der Waals surface area contributed by atoms with Gasteiger partial charge in [0.15, 0.2) is 0 Å². The van der Waals surface area contributed by atoms with E-state index >= 15 is 0 Å². The fourth-order valence-corrected chi connectivity index (χ4v) is 2.84. The summed E-state index contributed by atoms with van der Waals surface area (Å²) in [6, 6.07) is 14.5. The average Bonchev–Trinajstić information content (AvgIpc) is 2.66. The molecule has 1 aromatic heterocycles. The lowest BCUT2D eigenvalue weighted by atomic mass is 10.1. The number of carbonyl (C=O) groups excluding carboxylic acids is 1. The fraction of sp³-hybridized carbons (Fsp3) is 0.150. The summed E-state index contributed by atoms with van der Waals surface area (Å²) in [6.07, 6.45) is 0. The Hall–Kier alpha value is -3.66. The molecule has 6 nitrogen and oxygen atoms in total. The number of fused-ring (bicyclic) bond motifs is 1. The number of para-hydroxylation sites is 1. The van der Waals surface area contributed by atoms with Crippen molar-refractivity contribution in [2.75, 3.05) is 23.3 Å². The molecule has 0 fully saturated rings. The summed E-state index contributed by atoms with van der Waals surface area (Å²) in [4.78, 5) is 17.6. The van der Waals surface area contributed by atoms with E-state index in [1.165, 1.54) is 29.2 Å². The Bertz CT molecular complexity index is 1030. The second-order valence-corrected chi connectivity index (χ2v) is 6.04. The molecule has 0 aliphatic carbocycles. The van der Waals surface area contributed by atoms with E-state index in [0.29, 0.717) is 23.6 Å². The van der Waals surface area contributed by atoms with Crippen LogP contribution in [0.3, 0.4) is 0 Å². The van der Waals surface area contributed by atoms with Gasteiger partial charge in [0.05, 0.1) is 11.1 Å². The van der Waals surface area contributed by atoms with Gasteiger partial charge >= 0.3 is 6.03 Å². The SMILES string of the molecule is Cc1cccc2cc(C#N)c(NCCN(C(N)=O)c3ccc(F)cc3)nc12. The van der Waals surface area contributed by atoms with Crippen molar-refractivity contribution in [3.05, 3.63) is 65.5 Å². The lowest BCUT2D eigenvalue weighted by Gasteiger charge is -2.21. The topological polar surface area (TPSA) is 95.0 Å². The Balaban J connectivity index is 1.79. The molecule has 2 amide bonds. The number of nitriles is 1. The first-order valence-electron chi connectivity index (χ1n) is 8.36. The predicted molar refractivity (Wildman–Crippen MR) is 103 cm³/mol. The highest BCUT2D eigenvalue weighted by Gasteiger charge is 2.13. The summed E-state index contributed by atoms with van der Waals surface area (Å²) < 4.78 is 13.1. The zero-order valence-corrected chi connectivity index (χ0v) is 14.7. The number of aryl methyl sites for hydroxylation is 1. The molecule has 27 heavy (non-hydrogen) atoms. The van der Waals surface area contributed by atoms with Crippen LogP contribution in [0.15, 0.2) is 48.5 Å². The second kappa shape index (κ2) is 7.70. The van der Waals surface area contributed by atoms with Crippen LogP contribution in [0.5, 0.6) is 0 Å². The van der Waals surface area contributed by atoms with Crippen molar-refractivity contribution in [3.63, 3.8) is 0 Å². The summed E-state index contributed by atoms with van der Waals surface area (Å²) in [7, 11) is 0. The Morgan fingerprint density at radius 2 is 2.04 bits per heavy atom. The fourth-order valence-electron chi connectivity index (χ4n) is 2.84. The molecule has 0 saturated heterocycles. The van der Waals surface area contributed by atoms with Crippen LogP contribution in [0.25, 0.3) is 10.9 Å². The third-order valence-corrected chi connectivity index (χ3v) is 4.20. The van der Waals surface area contributed by atoms with E-state index in [1.54, 1.807) is 6.07 Å². The van der Waals surface area contributed by atoms with E-state index in [4.69, 9.17) is 5.73 Å². The van der Waals surface area contributed by atoms with Gasteiger partial charge in [-0.15, -0.1) is 0 Å². The van der Waals surface area contributed by atoms with Crippen LogP contribution < -0.4 is 16.0 Å². The number of hydrogen-bond acceptors (Lipinski definition) is 4. The Morgan fingerprint density at radius 1 is 1.30 bits per heavy atom. The van der Waals surface area contributed by atoms with Crippen molar-refractivity contribution in [2.45, 2.75) is 6.92 Å². The Kier molecular flexibility index (Phi) is 5.18. The van der Waals surface area contributed by atoms with E-state index in [2.05, 4.69) is 16.4 Å². The highest BCUT2D eigenvalue weighted by Crippen LogP contribution is 2.22. The standard InChI is InChI=1S/C20H18FN5O/c1-13-3-2-4-14-11-15(12-22)19(25-18(13)14)24-9-10-26(20(23)27)17-7-5-16(21)6-8-17/h2-8,11H,9-10H2,1H3,(H2,23,27)(H,24,25). The molecule has 0 aliphatic heterocycles. The van der Waals surface area contributed by atoms with Gasteiger partial charge in [-0.3, -0.25) is 4.90 Å². The largest absolute Gasteiger partial charge is 0.367 e. The predicted octanol–water partition coefficient (Wildman–Crippen LogP) is 3.55. The minimum absolute atomic E-state index is 0.235. The normalized spacial score (nSPS) is 10.4. The zero-order valence-electron chi connectivity index (χ0n) is 14.7. The van der Waals surface area contributed by atoms with Crippen LogP contribution in [0.1, 0.15) is 11.1 Å². The smallest absolute Gasteiger partial charge is 0.319 e. The van der Waals surface area contributed by atoms with Gasteiger partial charge in [-0.1, -0.05) is 18.2 Å². The van der Waals surface area contributed by atoms with Gasteiger partial charge in [0.1, 0.15) is 17.7 Å². The van der Waals surface area contributed by atoms with Crippen molar-refractivity contribution < 1.29 is 9.18 Å². The number of carbonyl (C=O) groups is 1. The highest BCUT2D eigenvalue weighted by atomic mass is 19.1. The summed E-state index contributed by atoms with van der Waals surface area (Å²) >= 11 is 0. The molecule has 0 aliphatic rings. The number of aromatic nitrogens is 1. The highest BCUT2D eigenvalue weighted by molar-refractivity contribution is 5.90. The molecule has 0 spiro atoms. The number of pyridine rings is 1. The van der Waals surface area contributed by atoms with Gasteiger partial charge in [-0.05, 0) is 42.8 Å². The first kappa shape index (κ1) is 18.1. The number of nitrogens with one attached hydrogen (secondary N) is 1. The molecule has 0 radical (unpaired) electrons. The van der Waals surface area contributed by atoms with Gasteiger partial charge in [-0.25, -0.2) is 14.2 Å². The number of primary amides is 1. The average molecular weight is 363 g/mol. The molecular weight excluding hydrogens is 345 g/mol. The zero-order chi connectivity index (χ0) is 19.4. The van der Waals surface area contributed by atoms with E-state index < -0.39 is 11.8 Å². The summed E-state index contributed by atoms with van der Waals surface area (Å²) in [6.45, 7) is 2.51. The van der Waals surface area contributed by atoms with Crippen molar-refractivity contribution in [1.29, 1.82) is 5.26 Å². The maximum Gasteiger partial charge on any atom is 0.319 e. The number of benzene rings is 2. The summed E-state index contributed by atoms with van der Waals surface area (Å²) in [5.74, 6) is 0.0542. The van der Waals surface area contributed by atoms with E-state index in [-0.39, 0.29) is 6.54 Å². The molecule has 3 rings (SSSR count). The van der Waals surface area contributed by atoms with Crippen LogP contribution in [0.2, 0.25) is 0 Å². The lowest BCUT2D eigenvalue weighted by Crippen LogP contribution is -2.39. The molecule has 0 bridgehead atoms. The number of urea groups is 1. The Labute approximate surface area is 156 Å². The second-order valence-electron chi connectivity index (χ2n) is 6.04. The van der Waals surface area contributed by atoms with Gasteiger partial charge in [-0.2, -0.15) is 5.26 Å². The number of amides is 2. The molecule has 3 N–H and O–H groups in total. The van der Waals surface area contributed by atoms with Gasteiger partial charge < -0.3 is 11.1 Å². The molecule has 0 saturated carbocycles. The molecular formula is C20H18FN5O. The molecule has 3 aromatic rings. The third-order valence-electron chi connectivity index (χ3n) is 4.20. The first-order chi connectivity index (χ1) is 13.0. The van der Waals surface area contributed by atoms with Crippen LogP contribution in [0, 0.1) is 24.1 Å². The molecule has 1 heterocycles. The molecule has 7 heteroatoms. The van der Waals surface area contributed by atoms with Crippen molar-refractivity contribution in [1.82, 2.24) is 4.98 Å². The first-order valence-corrected chi connectivity index (χ1v) is 8.36. The maximum absolute atomic E-state index is 13.1. The van der Waals surface area contributed by atoms with Crippen molar-refractivity contribution in [3.8, 4) is 6.07 Å². The Morgan fingerprint density at radius 3 is 2.70 bits per heavy atom. The van der Waals surface area contributed by atoms with Crippen molar-refractivity contribution in [2.24, 2.45) is 5.73 Å². The molecule has 0 unspecified atom stereocenters. The number of anilines is 2. The number of halogens is 1. The van der Waals surface area contributed by atoms with Gasteiger partial charge in [0.2, 0.25) is 0 Å². The maximum atomic E-state index is 13.1. The minimum Gasteiger partial charge on any atom is -0.367 e. The monoisotopic (exact) mass is 363 g/mol. The van der Waals surface area contributed by atoms with Crippen LogP contribution in [-0.4, -0.2) is 24.1 Å². The molecule has 0 atom stereocenters. The number of hydrogen-bond donors (Lipinski definition) is 2. The lowest BCUT2D eigenvalue weighted by molar-refractivity contribution is 0.254. The molecule has 2 aromatic carbocycles. The number of nitrogens with zero attached hydrogens (tertiary/aromatic N) is 3. The van der Waals surface area contributed by atoms with Crippen molar-refractivity contribution >= 4 is 28.4 Å². The number of rotatable bonds is 5. The minimum atomic E-state index is -0.647. The van der Waals surface area contributed by atoms with Gasteiger partial charge in [0, 0.05) is 24.2 Å². The van der Waals surface area contributed by atoms with E-state index in [0.717, 1.165) is 16.5 Å². The molecule has 136 valence electrons. The van der Waals surface area contributed by atoms with Crippen LogP contribution >= 0.6 is 0 Å². The van der Waals surface area contributed by atoms with E-state index in [1.807, 2.05) is 25.1 Å². The van der Waals surface area contributed by atoms with Crippen LogP contribution in [-0.2, 0) is 0 Å². The quantitative estimate of drug-likeness (QED) is 0.725. The van der Waals surface area contributed by atoms with E-state index in [9.17, 15) is 14.4 Å².